The number of nitrogens with zero attached hydrogens (tertiary/aromatic N) is 3. The number of amides is 2. The molecule has 1 aliphatic heterocycles. The fourth-order valence-electron chi connectivity index (χ4n) is 5.10. The van der Waals surface area contributed by atoms with Gasteiger partial charge in [-0.15, -0.1) is 0 Å². The molecule has 2 amide bonds. The van der Waals surface area contributed by atoms with Gasteiger partial charge in [-0.2, -0.15) is 0 Å². The number of carbonyl (C=O) groups excluding carboxylic acids is 1. The number of rotatable bonds is 6. The normalized spacial score (nSPS) is 15.8. The molecule has 4 aromatic rings. The number of hydrogen-bond acceptors (Lipinski definition) is 4. The number of hydrogen-bond donors (Lipinski definition) is 3. The Morgan fingerprint density at radius 1 is 1.06 bits per heavy atom. The van der Waals surface area contributed by atoms with Gasteiger partial charge < -0.3 is 20.5 Å². The molecule has 35 heavy (non-hydrogen) atoms. The second-order valence-electron chi connectivity index (χ2n) is 9.09. The molecule has 180 valence electrons. The molecule has 5 rings (SSSR count). The molecule has 7 nitrogen and oxygen atoms in total. The highest BCUT2D eigenvalue weighted by molar-refractivity contribution is 6.00. The molecule has 0 bridgehead atoms. The number of anilines is 3. The third-order valence-corrected chi connectivity index (χ3v) is 6.91. The van der Waals surface area contributed by atoms with Crippen LogP contribution in [0, 0.1) is 0 Å². The van der Waals surface area contributed by atoms with Gasteiger partial charge in [-0.3, -0.25) is 0 Å². The molecule has 0 radical (unpaired) electrons. The summed E-state index contributed by atoms with van der Waals surface area (Å²) in [7, 11) is 0. The van der Waals surface area contributed by atoms with Gasteiger partial charge in [0.25, 0.3) is 0 Å². The van der Waals surface area contributed by atoms with E-state index in [9.17, 15) is 4.79 Å². The van der Waals surface area contributed by atoms with E-state index in [4.69, 9.17) is 0 Å². The second-order valence-corrected chi connectivity index (χ2v) is 9.09. The number of aromatic nitrogens is 3. The van der Waals surface area contributed by atoms with E-state index >= 15 is 0 Å². The number of H-pyrrole nitrogens is 1. The van der Waals surface area contributed by atoms with E-state index in [1.165, 1.54) is 5.56 Å². The first-order valence-electron chi connectivity index (χ1n) is 12.5. The Morgan fingerprint density at radius 3 is 2.66 bits per heavy atom. The van der Waals surface area contributed by atoms with Crippen molar-refractivity contribution in [2.24, 2.45) is 0 Å². The molecule has 2 aromatic heterocycles. The summed E-state index contributed by atoms with van der Waals surface area (Å²) in [5.74, 6) is 1.35. The zero-order valence-electron chi connectivity index (χ0n) is 20.3. The van der Waals surface area contributed by atoms with E-state index in [-0.39, 0.29) is 6.03 Å². The van der Waals surface area contributed by atoms with Crippen LogP contribution in [0.3, 0.4) is 0 Å². The lowest BCUT2D eigenvalue weighted by molar-refractivity contribution is 0.262. The number of urea groups is 1. The SMILES string of the molecule is CCc1cccc(CC)c1NC(=O)Nc1cccc(C2CCCN(c3ncnc4[nH]ccc34)C2)c1. The lowest BCUT2D eigenvalue weighted by Gasteiger charge is -2.34. The topological polar surface area (TPSA) is 85.9 Å². The van der Waals surface area contributed by atoms with Crippen molar-refractivity contribution in [1.29, 1.82) is 0 Å². The fraction of sp³-hybridized carbons (Fsp3) is 0.321. The first-order valence-corrected chi connectivity index (χ1v) is 12.5. The molecule has 1 aliphatic rings. The van der Waals surface area contributed by atoms with Crippen molar-refractivity contribution >= 4 is 34.3 Å². The summed E-state index contributed by atoms with van der Waals surface area (Å²) in [4.78, 5) is 27.3. The van der Waals surface area contributed by atoms with E-state index in [2.05, 4.69) is 74.7 Å². The minimum absolute atomic E-state index is 0.209. The van der Waals surface area contributed by atoms with Crippen molar-refractivity contribution in [3.05, 3.63) is 77.7 Å². The summed E-state index contributed by atoms with van der Waals surface area (Å²) < 4.78 is 0. The van der Waals surface area contributed by atoms with Gasteiger partial charge in [0.2, 0.25) is 0 Å². The Kier molecular flexibility index (Phi) is 6.66. The Balaban J connectivity index is 1.30. The lowest BCUT2D eigenvalue weighted by atomic mass is 9.90. The zero-order valence-corrected chi connectivity index (χ0v) is 20.3. The van der Waals surface area contributed by atoms with E-state index in [1.54, 1.807) is 6.33 Å². The molecular formula is C28H32N6O. The number of piperidine rings is 1. The van der Waals surface area contributed by atoms with Gasteiger partial charge in [-0.25, -0.2) is 14.8 Å². The fourth-order valence-corrected chi connectivity index (χ4v) is 5.10. The molecule has 7 heteroatoms. The molecule has 3 heterocycles. The number of nitrogens with one attached hydrogen (secondary N) is 3. The predicted molar refractivity (Wildman–Crippen MR) is 142 cm³/mol. The Hall–Kier alpha value is -3.87. The first kappa shape index (κ1) is 22.9. The smallest absolute Gasteiger partial charge is 0.323 e. The van der Waals surface area contributed by atoms with Crippen LogP contribution in [0.5, 0.6) is 0 Å². The lowest BCUT2D eigenvalue weighted by Crippen LogP contribution is -2.35. The number of fused-ring (bicyclic) bond motifs is 1. The summed E-state index contributed by atoms with van der Waals surface area (Å²) in [6, 6.07) is 16.3. The molecule has 1 fully saturated rings. The summed E-state index contributed by atoms with van der Waals surface area (Å²) in [6.07, 6.45) is 7.48. The van der Waals surface area contributed by atoms with Crippen molar-refractivity contribution in [2.45, 2.75) is 45.4 Å². The minimum Gasteiger partial charge on any atom is -0.355 e. The summed E-state index contributed by atoms with van der Waals surface area (Å²) in [6.45, 7) is 6.08. The molecule has 0 saturated carbocycles. The third kappa shape index (κ3) is 4.85. The van der Waals surface area contributed by atoms with E-state index < -0.39 is 0 Å². The van der Waals surface area contributed by atoms with Crippen molar-refractivity contribution in [3.8, 4) is 0 Å². The average molecular weight is 469 g/mol. The monoisotopic (exact) mass is 468 g/mol. The van der Waals surface area contributed by atoms with Gasteiger partial charge in [0.15, 0.2) is 0 Å². The second kappa shape index (κ2) is 10.2. The highest BCUT2D eigenvalue weighted by atomic mass is 16.2. The Bertz CT molecular complexity index is 1310. The van der Waals surface area contributed by atoms with E-state index in [1.807, 2.05) is 24.4 Å². The highest BCUT2D eigenvalue weighted by Gasteiger charge is 2.24. The molecular weight excluding hydrogens is 436 g/mol. The quantitative estimate of drug-likeness (QED) is 0.319. The van der Waals surface area contributed by atoms with Gasteiger partial charge >= 0.3 is 6.03 Å². The van der Waals surface area contributed by atoms with Crippen molar-refractivity contribution in [1.82, 2.24) is 15.0 Å². The van der Waals surface area contributed by atoms with Gasteiger partial charge in [0.1, 0.15) is 17.8 Å². The van der Waals surface area contributed by atoms with Crippen LogP contribution in [-0.4, -0.2) is 34.1 Å². The van der Waals surface area contributed by atoms with E-state index in [0.29, 0.717) is 5.92 Å². The Morgan fingerprint density at radius 2 is 1.86 bits per heavy atom. The summed E-state index contributed by atoms with van der Waals surface area (Å²) in [5, 5.41) is 7.20. The zero-order chi connectivity index (χ0) is 24.2. The first-order chi connectivity index (χ1) is 17.2. The Labute approximate surface area is 206 Å². The van der Waals surface area contributed by atoms with Crippen LogP contribution in [0.1, 0.15) is 49.3 Å². The maximum Gasteiger partial charge on any atom is 0.323 e. The third-order valence-electron chi connectivity index (χ3n) is 6.91. The predicted octanol–water partition coefficient (Wildman–Crippen LogP) is 6.11. The van der Waals surface area contributed by atoms with Crippen LogP contribution >= 0.6 is 0 Å². The van der Waals surface area contributed by atoms with Gasteiger partial charge in [0, 0.05) is 36.6 Å². The van der Waals surface area contributed by atoms with E-state index in [0.717, 1.165) is 78.1 Å². The maximum absolute atomic E-state index is 12.9. The van der Waals surface area contributed by atoms with Crippen molar-refractivity contribution in [2.75, 3.05) is 28.6 Å². The number of para-hydroxylation sites is 1. The van der Waals surface area contributed by atoms with Crippen molar-refractivity contribution < 1.29 is 4.79 Å². The van der Waals surface area contributed by atoms with Gasteiger partial charge in [-0.1, -0.05) is 44.2 Å². The highest BCUT2D eigenvalue weighted by Crippen LogP contribution is 2.33. The van der Waals surface area contributed by atoms with Crippen molar-refractivity contribution in [3.63, 3.8) is 0 Å². The van der Waals surface area contributed by atoms with Crippen LogP contribution in [-0.2, 0) is 12.8 Å². The largest absolute Gasteiger partial charge is 0.355 e. The summed E-state index contributed by atoms with van der Waals surface area (Å²) >= 11 is 0. The standard InChI is InChI=1S/C28H32N6O/c1-3-19-8-5-9-20(4-2)25(19)33-28(35)32-23-12-6-10-21(16-23)22-11-7-15-34(17-22)27-24-13-14-29-26(24)30-18-31-27/h5-6,8-10,12-14,16,18,22H,3-4,7,11,15,17H2,1-2H3,(H,29,30,31)(H2,32,33,35). The molecule has 0 spiro atoms. The molecule has 1 saturated heterocycles. The van der Waals surface area contributed by atoms with Gasteiger partial charge in [-0.05, 0) is 60.6 Å². The van der Waals surface area contributed by atoms with Crippen LogP contribution in [0.15, 0.2) is 61.1 Å². The number of aryl methyl sites for hydroxylation is 2. The maximum atomic E-state index is 12.9. The number of benzene rings is 2. The van der Waals surface area contributed by atoms with Gasteiger partial charge in [0.05, 0.1) is 5.39 Å². The minimum atomic E-state index is -0.209. The molecule has 3 N–H and O–H groups in total. The molecule has 0 aliphatic carbocycles. The number of aromatic amines is 1. The van der Waals surface area contributed by atoms with Crippen LogP contribution in [0.25, 0.3) is 11.0 Å². The average Bonchev–Trinajstić information content (AvgIpc) is 3.38. The molecule has 1 unspecified atom stereocenters. The molecule has 2 aromatic carbocycles. The summed E-state index contributed by atoms with van der Waals surface area (Å²) in [5.41, 5.74) is 6.13. The number of carbonyl (C=O) groups is 1. The van der Waals surface area contributed by atoms with Crippen LogP contribution in [0.4, 0.5) is 22.0 Å². The van der Waals surface area contributed by atoms with Crippen LogP contribution in [0.2, 0.25) is 0 Å². The van der Waals surface area contributed by atoms with Crippen LogP contribution < -0.4 is 15.5 Å². The molecule has 1 atom stereocenters.